The van der Waals surface area contributed by atoms with Crippen molar-refractivity contribution in [3.63, 3.8) is 0 Å². The van der Waals surface area contributed by atoms with Crippen LogP contribution in [0.5, 0.6) is 5.75 Å². The van der Waals surface area contributed by atoms with Gasteiger partial charge in [0.1, 0.15) is 5.75 Å². The van der Waals surface area contributed by atoms with E-state index in [1.807, 2.05) is 37.3 Å². The maximum Gasteiger partial charge on any atom is 0.233 e. The number of rotatable bonds is 6. The van der Waals surface area contributed by atoms with Crippen LogP contribution in [0, 0.1) is 6.92 Å². The van der Waals surface area contributed by atoms with Gasteiger partial charge in [-0.3, -0.25) is 4.72 Å². The van der Waals surface area contributed by atoms with Crippen LogP contribution in [-0.2, 0) is 16.4 Å². The van der Waals surface area contributed by atoms with Crippen molar-refractivity contribution in [2.24, 2.45) is 0 Å². The number of methoxy groups -OCH3 is 1. The molecule has 0 heterocycles. The maximum atomic E-state index is 12.2. The summed E-state index contributed by atoms with van der Waals surface area (Å²) in [6.45, 7) is 1.83. The van der Waals surface area contributed by atoms with Crippen LogP contribution in [-0.4, -0.2) is 21.3 Å². The summed E-state index contributed by atoms with van der Waals surface area (Å²) < 4.78 is 32.2. The van der Waals surface area contributed by atoms with Crippen molar-refractivity contribution in [2.75, 3.05) is 17.6 Å². The fourth-order valence-corrected chi connectivity index (χ4v) is 3.28. The molecule has 0 saturated heterocycles. The van der Waals surface area contributed by atoms with E-state index in [2.05, 4.69) is 4.72 Å². The molecule has 4 nitrogen and oxygen atoms in total. The highest BCUT2D eigenvalue weighted by Gasteiger charge is 2.15. The predicted molar refractivity (Wildman–Crippen MR) is 90.3 cm³/mol. The third-order valence-electron chi connectivity index (χ3n) is 3.25. The lowest BCUT2D eigenvalue weighted by Crippen LogP contribution is -2.18. The number of ether oxygens (including phenoxy) is 1. The number of sulfonamides is 1. The van der Waals surface area contributed by atoms with Crippen LogP contribution < -0.4 is 9.46 Å². The summed E-state index contributed by atoms with van der Waals surface area (Å²) in [4.78, 5) is 0. The second kappa shape index (κ2) is 7.03. The maximum absolute atomic E-state index is 12.2. The molecule has 0 atom stereocenters. The second-order valence-electron chi connectivity index (χ2n) is 4.96. The SMILES string of the molecule is COc1cc(C)c(Cl)cc1NS(=O)(=O)CCc1ccccc1. The van der Waals surface area contributed by atoms with E-state index in [9.17, 15) is 8.42 Å². The Kier molecular flexibility index (Phi) is 5.32. The van der Waals surface area contributed by atoms with Crippen LogP contribution in [0.2, 0.25) is 5.02 Å². The summed E-state index contributed by atoms with van der Waals surface area (Å²) in [6, 6.07) is 12.7. The van der Waals surface area contributed by atoms with Gasteiger partial charge in [0.25, 0.3) is 0 Å². The molecular formula is C16H18ClNO3S. The Bertz CT molecular complexity index is 745. The second-order valence-corrected chi connectivity index (χ2v) is 7.21. The lowest BCUT2D eigenvalue weighted by atomic mass is 10.2. The van der Waals surface area contributed by atoms with Gasteiger partial charge in [-0.1, -0.05) is 41.9 Å². The van der Waals surface area contributed by atoms with E-state index in [0.717, 1.165) is 11.1 Å². The van der Waals surface area contributed by atoms with E-state index in [0.29, 0.717) is 22.9 Å². The molecule has 6 heteroatoms. The smallest absolute Gasteiger partial charge is 0.233 e. The number of hydrogen-bond donors (Lipinski definition) is 1. The first-order valence-electron chi connectivity index (χ1n) is 6.80. The molecule has 0 spiro atoms. The van der Waals surface area contributed by atoms with Gasteiger partial charge in [-0.2, -0.15) is 0 Å². The first-order valence-corrected chi connectivity index (χ1v) is 8.83. The van der Waals surface area contributed by atoms with Crippen LogP contribution in [0.4, 0.5) is 5.69 Å². The molecule has 0 aliphatic heterocycles. The van der Waals surface area contributed by atoms with Crippen molar-refractivity contribution in [1.29, 1.82) is 0 Å². The Balaban J connectivity index is 2.13. The molecule has 0 radical (unpaired) electrons. The number of hydrogen-bond acceptors (Lipinski definition) is 3. The molecule has 0 amide bonds. The normalized spacial score (nSPS) is 11.2. The Morgan fingerprint density at radius 2 is 1.86 bits per heavy atom. The molecule has 2 aromatic rings. The first kappa shape index (κ1) is 16.6. The van der Waals surface area contributed by atoms with Crippen LogP contribution in [0.25, 0.3) is 0 Å². The lowest BCUT2D eigenvalue weighted by Gasteiger charge is -2.13. The number of halogens is 1. The van der Waals surface area contributed by atoms with Gasteiger partial charge in [-0.05, 0) is 36.6 Å². The van der Waals surface area contributed by atoms with Crippen LogP contribution in [0.1, 0.15) is 11.1 Å². The minimum Gasteiger partial charge on any atom is -0.495 e. The number of benzene rings is 2. The number of nitrogens with one attached hydrogen (secondary N) is 1. The van der Waals surface area contributed by atoms with Crippen molar-refractivity contribution in [3.8, 4) is 5.75 Å². The predicted octanol–water partition coefficient (Wildman–Crippen LogP) is 3.64. The molecule has 0 fully saturated rings. The van der Waals surface area contributed by atoms with Gasteiger partial charge >= 0.3 is 0 Å². The van der Waals surface area contributed by atoms with Crippen LogP contribution in [0.3, 0.4) is 0 Å². The highest BCUT2D eigenvalue weighted by molar-refractivity contribution is 7.92. The molecule has 0 aromatic heterocycles. The first-order chi connectivity index (χ1) is 10.4. The summed E-state index contributed by atoms with van der Waals surface area (Å²) >= 11 is 6.05. The molecular weight excluding hydrogens is 322 g/mol. The van der Waals surface area contributed by atoms with Gasteiger partial charge in [0.2, 0.25) is 10.0 Å². The molecule has 0 aliphatic carbocycles. The third-order valence-corrected chi connectivity index (χ3v) is 4.93. The summed E-state index contributed by atoms with van der Waals surface area (Å²) in [5, 5.41) is 0.488. The van der Waals surface area contributed by atoms with E-state index in [4.69, 9.17) is 16.3 Å². The Morgan fingerprint density at radius 1 is 1.18 bits per heavy atom. The van der Waals surface area contributed by atoms with E-state index in [-0.39, 0.29) is 5.75 Å². The standard InChI is InChI=1S/C16H18ClNO3S/c1-12-10-16(21-2)15(11-14(12)17)18-22(19,20)9-8-13-6-4-3-5-7-13/h3-7,10-11,18H,8-9H2,1-2H3. The summed E-state index contributed by atoms with van der Waals surface area (Å²) in [5.74, 6) is 0.441. The van der Waals surface area contributed by atoms with Gasteiger partial charge in [0.15, 0.2) is 0 Å². The van der Waals surface area contributed by atoms with E-state index >= 15 is 0 Å². The highest BCUT2D eigenvalue weighted by atomic mass is 35.5. The van der Waals surface area contributed by atoms with Gasteiger partial charge in [-0.25, -0.2) is 8.42 Å². The summed E-state index contributed by atoms with van der Waals surface area (Å²) in [7, 11) is -1.99. The van der Waals surface area contributed by atoms with Crippen LogP contribution in [0.15, 0.2) is 42.5 Å². The Morgan fingerprint density at radius 3 is 2.50 bits per heavy atom. The van der Waals surface area contributed by atoms with Crippen LogP contribution >= 0.6 is 11.6 Å². The van der Waals surface area contributed by atoms with Crippen molar-refractivity contribution in [3.05, 3.63) is 58.6 Å². The molecule has 0 saturated carbocycles. The fourth-order valence-electron chi connectivity index (χ4n) is 2.02. The topological polar surface area (TPSA) is 55.4 Å². The molecule has 0 unspecified atom stereocenters. The third kappa shape index (κ3) is 4.39. The minimum absolute atomic E-state index is 0.00827. The zero-order chi connectivity index (χ0) is 16.2. The molecule has 2 aromatic carbocycles. The molecule has 22 heavy (non-hydrogen) atoms. The Hall–Kier alpha value is -1.72. The average Bonchev–Trinajstić information content (AvgIpc) is 2.49. The highest BCUT2D eigenvalue weighted by Crippen LogP contribution is 2.31. The molecule has 1 N–H and O–H groups in total. The van der Waals surface area contributed by atoms with Crippen molar-refractivity contribution >= 4 is 27.3 Å². The van der Waals surface area contributed by atoms with Gasteiger partial charge in [-0.15, -0.1) is 0 Å². The quantitative estimate of drug-likeness (QED) is 0.874. The summed E-state index contributed by atoms with van der Waals surface area (Å²) in [5.41, 5.74) is 2.15. The summed E-state index contributed by atoms with van der Waals surface area (Å²) in [6.07, 6.45) is 0.443. The zero-order valence-corrected chi connectivity index (χ0v) is 14.0. The number of aryl methyl sites for hydroxylation is 2. The van der Waals surface area contributed by atoms with E-state index in [1.165, 1.54) is 7.11 Å². The minimum atomic E-state index is -3.48. The van der Waals surface area contributed by atoms with Crippen molar-refractivity contribution in [2.45, 2.75) is 13.3 Å². The number of anilines is 1. The van der Waals surface area contributed by atoms with E-state index in [1.54, 1.807) is 12.1 Å². The lowest BCUT2D eigenvalue weighted by molar-refractivity contribution is 0.416. The van der Waals surface area contributed by atoms with Crippen molar-refractivity contribution in [1.82, 2.24) is 0 Å². The molecule has 118 valence electrons. The molecule has 0 aliphatic rings. The zero-order valence-electron chi connectivity index (χ0n) is 12.5. The van der Waals surface area contributed by atoms with Crippen molar-refractivity contribution < 1.29 is 13.2 Å². The Labute approximate surface area is 136 Å². The van der Waals surface area contributed by atoms with Gasteiger partial charge < -0.3 is 4.74 Å². The average molecular weight is 340 g/mol. The largest absolute Gasteiger partial charge is 0.495 e. The van der Waals surface area contributed by atoms with Gasteiger partial charge in [0, 0.05) is 5.02 Å². The molecule has 0 bridgehead atoms. The fraction of sp³-hybridized carbons (Fsp3) is 0.250. The van der Waals surface area contributed by atoms with Gasteiger partial charge in [0.05, 0.1) is 18.6 Å². The monoisotopic (exact) mass is 339 g/mol. The molecule has 2 rings (SSSR count). The van der Waals surface area contributed by atoms with E-state index < -0.39 is 10.0 Å².